The van der Waals surface area contributed by atoms with Crippen LogP contribution in [0.1, 0.15) is 194 Å². The molecular formula is C42H81N3O5S. The van der Waals surface area contributed by atoms with Crippen LogP contribution in [0.3, 0.4) is 0 Å². The average Bonchev–Trinajstić information content (AvgIpc) is 3.54. The van der Waals surface area contributed by atoms with Gasteiger partial charge in [-0.15, -0.1) is 0 Å². The molecule has 0 aliphatic carbocycles. The van der Waals surface area contributed by atoms with Crippen molar-refractivity contribution in [2.24, 2.45) is 5.92 Å². The van der Waals surface area contributed by atoms with E-state index >= 15 is 0 Å². The van der Waals surface area contributed by atoms with Crippen molar-refractivity contribution in [2.45, 2.75) is 194 Å². The number of hydrogen-bond acceptors (Lipinski definition) is 6. The SMILES string of the molecule is CCCCCCCCCCCCCCC=CC(CCNC(=O)C=CCCCCCCCCCCCCCCC)C1=[N+](C)CCN1.COS(=O)(=O)[O-]. The van der Waals surface area contributed by atoms with Gasteiger partial charge in [-0.1, -0.05) is 180 Å². The summed E-state index contributed by atoms with van der Waals surface area (Å²) in [4.78, 5) is 12.4. The number of unbranched alkanes of at least 4 members (excludes halogenated alkanes) is 25. The van der Waals surface area contributed by atoms with Crippen LogP contribution < -0.4 is 10.6 Å². The molecule has 1 aliphatic heterocycles. The number of likely N-dealkylation sites (N-methyl/N-ethyl adjacent to an activating group) is 1. The minimum Gasteiger partial charge on any atom is -0.726 e. The Morgan fingerprint density at radius 3 is 1.51 bits per heavy atom. The van der Waals surface area contributed by atoms with Crippen molar-refractivity contribution >= 4 is 22.1 Å². The first-order valence-electron chi connectivity index (χ1n) is 21.2. The van der Waals surface area contributed by atoms with Gasteiger partial charge in [-0.2, -0.15) is 0 Å². The Hall–Kier alpha value is -1.71. The zero-order valence-electron chi connectivity index (χ0n) is 33.7. The minimum absolute atomic E-state index is 0.0571. The number of carbonyl (C=O) groups is 1. The van der Waals surface area contributed by atoms with E-state index in [1.807, 2.05) is 0 Å². The predicted octanol–water partition coefficient (Wildman–Crippen LogP) is 10.5. The molecule has 0 radical (unpaired) electrons. The van der Waals surface area contributed by atoms with Gasteiger partial charge in [0.15, 0.2) is 0 Å². The second-order valence-electron chi connectivity index (χ2n) is 14.5. The second kappa shape index (κ2) is 36.6. The number of amides is 1. The monoisotopic (exact) mass is 740 g/mol. The van der Waals surface area contributed by atoms with Gasteiger partial charge in [0.05, 0.1) is 20.1 Å². The molecule has 0 saturated carbocycles. The molecule has 0 saturated heterocycles. The van der Waals surface area contributed by atoms with Crippen molar-refractivity contribution in [1.82, 2.24) is 10.6 Å². The van der Waals surface area contributed by atoms with Crippen molar-refractivity contribution < 1.29 is 26.5 Å². The molecule has 1 amide bonds. The Morgan fingerprint density at radius 1 is 0.745 bits per heavy atom. The van der Waals surface area contributed by atoms with Gasteiger partial charge in [-0.3, -0.25) is 18.9 Å². The van der Waals surface area contributed by atoms with Crippen molar-refractivity contribution in [1.29, 1.82) is 0 Å². The summed E-state index contributed by atoms with van der Waals surface area (Å²) in [5.41, 5.74) is 0. The van der Waals surface area contributed by atoms with Crippen LogP contribution in [-0.4, -0.2) is 63.1 Å². The molecule has 1 aliphatic rings. The molecule has 9 heteroatoms. The third kappa shape index (κ3) is 35.1. The number of carbonyl (C=O) groups excluding carboxylic acids is 1. The Kier molecular flexibility index (Phi) is 35.4. The first kappa shape index (κ1) is 49.3. The maximum Gasteiger partial charge on any atom is 0.251 e. The largest absolute Gasteiger partial charge is 0.726 e. The lowest BCUT2D eigenvalue weighted by molar-refractivity contribution is -0.488. The molecule has 1 unspecified atom stereocenters. The summed E-state index contributed by atoms with van der Waals surface area (Å²) in [6.07, 6.45) is 46.4. The minimum atomic E-state index is -4.41. The van der Waals surface area contributed by atoms with Crippen LogP contribution in [0.15, 0.2) is 24.3 Å². The Morgan fingerprint density at radius 2 is 1.14 bits per heavy atom. The van der Waals surface area contributed by atoms with E-state index in [1.54, 1.807) is 6.08 Å². The summed E-state index contributed by atoms with van der Waals surface area (Å²) < 4.78 is 33.4. The topological polar surface area (TPSA) is 111 Å². The standard InChI is InChI=1S/C41H77N3O.CH4O4S/c1-4-6-8-10-12-14-16-18-20-22-24-26-28-30-32-34-40(45)42-36-35-39(41-43-37-38-44(41)3)33-31-29-27-25-23-21-19-17-15-13-11-9-7-5-2;1-5-6(2,3)4/h31-34,39H,4-30,35-38H2,1-3H3,(H,42,45);1H3,(H,2,3,4). The number of nitrogens with zero attached hydrogens (tertiary/aromatic N) is 1. The summed E-state index contributed by atoms with van der Waals surface area (Å²) in [6, 6.07) is 0. The van der Waals surface area contributed by atoms with E-state index in [1.165, 1.54) is 173 Å². The number of amidine groups is 1. The van der Waals surface area contributed by atoms with E-state index in [-0.39, 0.29) is 5.91 Å². The quantitative estimate of drug-likeness (QED) is 0.0170. The van der Waals surface area contributed by atoms with E-state index < -0.39 is 10.4 Å². The van der Waals surface area contributed by atoms with Gasteiger partial charge in [0.2, 0.25) is 16.3 Å². The molecule has 1 atom stereocenters. The molecule has 1 heterocycles. The molecule has 0 spiro atoms. The second-order valence-corrected chi connectivity index (χ2v) is 15.7. The van der Waals surface area contributed by atoms with Gasteiger partial charge in [0, 0.05) is 6.54 Å². The normalized spacial score (nSPS) is 13.9. The summed E-state index contributed by atoms with van der Waals surface area (Å²) in [5, 5.41) is 6.73. The maximum atomic E-state index is 12.4. The van der Waals surface area contributed by atoms with Crippen molar-refractivity contribution in [2.75, 3.05) is 33.8 Å². The predicted molar refractivity (Wildman–Crippen MR) is 216 cm³/mol. The van der Waals surface area contributed by atoms with E-state index in [0.717, 1.165) is 33.0 Å². The molecule has 300 valence electrons. The van der Waals surface area contributed by atoms with Crippen LogP contribution >= 0.6 is 0 Å². The molecule has 8 nitrogen and oxygen atoms in total. The highest BCUT2D eigenvalue weighted by atomic mass is 32.3. The van der Waals surface area contributed by atoms with Crippen LogP contribution in [0.5, 0.6) is 0 Å². The smallest absolute Gasteiger partial charge is 0.251 e. The fourth-order valence-electron chi connectivity index (χ4n) is 6.59. The lowest BCUT2D eigenvalue weighted by atomic mass is 10.0. The molecular weight excluding hydrogens is 659 g/mol. The van der Waals surface area contributed by atoms with E-state index in [0.29, 0.717) is 12.5 Å². The summed E-state index contributed by atoms with van der Waals surface area (Å²) in [6.45, 7) is 7.38. The van der Waals surface area contributed by atoms with Crippen LogP contribution in [-0.2, 0) is 19.4 Å². The maximum absolute atomic E-state index is 12.4. The highest BCUT2D eigenvalue weighted by Gasteiger charge is 2.25. The van der Waals surface area contributed by atoms with Crippen molar-refractivity contribution in [3.63, 3.8) is 0 Å². The van der Waals surface area contributed by atoms with Crippen LogP contribution in [0.2, 0.25) is 0 Å². The fraction of sp³-hybridized carbons (Fsp3) is 0.857. The number of rotatable bonds is 34. The van der Waals surface area contributed by atoms with Gasteiger partial charge >= 0.3 is 0 Å². The van der Waals surface area contributed by atoms with E-state index in [4.69, 9.17) is 0 Å². The number of hydrogen-bond donors (Lipinski definition) is 2. The van der Waals surface area contributed by atoms with Crippen molar-refractivity contribution in [3.8, 4) is 0 Å². The van der Waals surface area contributed by atoms with Gasteiger partial charge in [0.1, 0.15) is 13.1 Å². The molecule has 2 N–H and O–H groups in total. The Bertz CT molecular complexity index is 996. The van der Waals surface area contributed by atoms with Crippen molar-refractivity contribution in [3.05, 3.63) is 24.3 Å². The van der Waals surface area contributed by atoms with E-state index in [9.17, 15) is 17.8 Å². The van der Waals surface area contributed by atoms with Gasteiger partial charge < -0.3 is 9.87 Å². The van der Waals surface area contributed by atoms with Crippen LogP contribution in [0.4, 0.5) is 0 Å². The highest BCUT2D eigenvalue weighted by Crippen LogP contribution is 2.15. The van der Waals surface area contributed by atoms with Gasteiger partial charge in [-0.05, 0) is 38.2 Å². The summed E-state index contributed by atoms with van der Waals surface area (Å²) >= 11 is 0. The van der Waals surface area contributed by atoms with Gasteiger partial charge in [-0.25, -0.2) is 8.42 Å². The molecule has 0 bridgehead atoms. The number of allylic oxidation sites excluding steroid dienone is 2. The third-order valence-corrected chi connectivity index (χ3v) is 10.2. The number of nitrogens with one attached hydrogen (secondary N) is 2. The molecule has 0 fully saturated rings. The molecule has 0 aromatic carbocycles. The third-order valence-electron chi connectivity index (χ3n) is 9.81. The average molecular weight is 740 g/mol. The van der Waals surface area contributed by atoms with E-state index in [2.05, 4.69) is 58.5 Å². The highest BCUT2D eigenvalue weighted by molar-refractivity contribution is 7.80. The van der Waals surface area contributed by atoms with Crippen LogP contribution in [0, 0.1) is 5.92 Å². The lowest BCUT2D eigenvalue weighted by Gasteiger charge is -2.11. The summed E-state index contributed by atoms with van der Waals surface area (Å²) in [7, 11) is -1.42. The zero-order chi connectivity index (χ0) is 37.7. The van der Waals surface area contributed by atoms with Crippen LogP contribution in [0.25, 0.3) is 0 Å². The Balaban J connectivity index is 0.00000381. The van der Waals surface area contributed by atoms with Gasteiger partial charge in [0.25, 0.3) is 5.84 Å². The zero-order valence-corrected chi connectivity index (χ0v) is 34.5. The Labute approximate surface area is 316 Å². The fourth-order valence-corrected chi connectivity index (χ4v) is 6.59. The molecule has 0 aromatic rings. The lowest BCUT2D eigenvalue weighted by Crippen LogP contribution is -2.32. The molecule has 0 aromatic heterocycles. The summed E-state index contributed by atoms with van der Waals surface area (Å²) in [5.74, 6) is 1.72. The molecule has 51 heavy (non-hydrogen) atoms. The molecule has 1 rings (SSSR count). The first-order chi connectivity index (χ1) is 24.7. The first-order valence-corrected chi connectivity index (χ1v) is 22.5.